The number of nitrogens with zero attached hydrogens (tertiary/aromatic N) is 1. The number of benzene rings is 1. The van der Waals surface area contributed by atoms with Crippen molar-refractivity contribution in [2.24, 2.45) is 0 Å². The lowest BCUT2D eigenvalue weighted by atomic mass is 9.91. The number of ether oxygens (including phenoxy) is 1. The second-order valence-corrected chi connectivity index (χ2v) is 7.23. The van der Waals surface area contributed by atoms with Crippen molar-refractivity contribution in [1.29, 1.82) is 0 Å². The molecule has 2 heterocycles. The standard InChI is InChI=1S/C17H19N3O2S/c18-17-20-16-15(23-17)13(9-14(21)19-16)10-4-3-7-12(8-10)22-11-5-1-2-6-11/h3-4,7-8,11,13H,1-2,5-6,9H2,(H2,18,20)(H,19,21)/t13-/m1/s1. The van der Waals surface area contributed by atoms with Gasteiger partial charge in [0, 0.05) is 12.3 Å². The Morgan fingerprint density at radius 3 is 2.96 bits per heavy atom. The molecular weight excluding hydrogens is 310 g/mol. The lowest BCUT2D eigenvalue weighted by Crippen LogP contribution is -2.22. The van der Waals surface area contributed by atoms with Crippen molar-refractivity contribution in [2.45, 2.75) is 44.1 Å². The van der Waals surface area contributed by atoms with Gasteiger partial charge in [-0.25, -0.2) is 4.98 Å². The lowest BCUT2D eigenvalue weighted by molar-refractivity contribution is -0.116. The van der Waals surface area contributed by atoms with Gasteiger partial charge >= 0.3 is 0 Å². The number of amides is 1. The van der Waals surface area contributed by atoms with Crippen molar-refractivity contribution < 1.29 is 9.53 Å². The molecule has 1 atom stereocenters. The van der Waals surface area contributed by atoms with E-state index in [9.17, 15) is 4.79 Å². The van der Waals surface area contributed by atoms with E-state index in [0.717, 1.165) is 29.0 Å². The summed E-state index contributed by atoms with van der Waals surface area (Å²) < 4.78 is 6.09. The van der Waals surface area contributed by atoms with Crippen LogP contribution in [0.1, 0.15) is 48.5 Å². The number of hydrogen-bond donors (Lipinski definition) is 2. The summed E-state index contributed by atoms with van der Waals surface area (Å²) in [7, 11) is 0. The molecule has 1 saturated carbocycles. The van der Waals surface area contributed by atoms with Gasteiger partial charge in [0.25, 0.3) is 0 Å². The summed E-state index contributed by atoms with van der Waals surface area (Å²) in [5, 5.41) is 3.29. The summed E-state index contributed by atoms with van der Waals surface area (Å²) in [6, 6.07) is 8.09. The maximum atomic E-state index is 12.0. The molecule has 0 bridgehead atoms. The molecule has 1 aromatic carbocycles. The SMILES string of the molecule is Nc1nc2c(s1)[C@@H](c1cccc(OC3CCCC3)c1)CC(=O)N2. The highest BCUT2D eigenvalue weighted by Gasteiger charge is 2.30. The number of rotatable bonds is 3. The molecule has 1 aliphatic heterocycles. The summed E-state index contributed by atoms with van der Waals surface area (Å²) >= 11 is 1.45. The van der Waals surface area contributed by atoms with Crippen molar-refractivity contribution in [3.05, 3.63) is 34.7 Å². The van der Waals surface area contributed by atoms with E-state index in [-0.39, 0.29) is 11.8 Å². The predicted molar refractivity (Wildman–Crippen MR) is 90.9 cm³/mol. The van der Waals surface area contributed by atoms with Gasteiger partial charge in [-0.1, -0.05) is 23.5 Å². The topological polar surface area (TPSA) is 77.2 Å². The molecular formula is C17H19N3O2S. The van der Waals surface area contributed by atoms with Crippen molar-refractivity contribution in [3.8, 4) is 5.75 Å². The molecule has 0 unspecified atom stereocenters. The normalized spacial score (nSPS) is 21.0. The Hall–Kier alpha value is -2.08. The average Bonchev–Trinajstić information content (AvgIpc) is 3.15. The smallest absolute Gasteiger partial charge is 0.226 e. The molecule has 1 amide bonds. The molecule has 6 heteroatoms. The average molecular weight is 329 g/mol. The van der Waals surface area contributed by atoms with Crippen LogP contribution >= 0.6 is 11.3 Å². The molecule has 23 heavy (non-hydrogen) atoms. The molecule has 0 radical (unpaired) electrons. The minimum absolute atomic E-state index is 0.000628. The summed E-state index contributed by atoms with van der Waals surface area (Å²) in [5.74, 6) is 1.48. The molecule has 1 aliphatic carbocycles. The maximum Gasteiger partial charge on any atom is 0.226 e. The van der Waals surface area contributed by atoms with Gasteiger partial charge in [0.1, 0.15) is 11.6 Å². The van der Waals surface area contributed by atoms with E-state index < -0.39 is 0 Å². The van der Waals surface area contributed by atoms with Crippen molar-refractivity contribution in [3.63, 3.8) is 0 Å². The van der Waals surface area contributed by atoms with Crippen LogP contribution in [0.4, 0.5) is 10.9 Å². The number of nitrogens with two attached hydrogens (primary N) is 1. The number of carbonyl (C=O) groups excluding carboxylic acids is 1. The molecule has 4 rings (SSSR count). The van der Waals surface area contributed by atoms with Gasteiger partial charge in [-0.05, 0) is 43.4 Å². The molecule has 5 nitrogen and oxygen atoms in total. The van der Waals surface area contributed by atoms with E-state index in [0.29, 0.717) is 23.5 Å². The molecule has 120 valence electrons. The van der Waals surface area contributed by atoms with Gasteiger partial charge in [0.15, 0.2) is 5.13 Å². The summed E-state index contributed by atoms with van der Waals surface area (Å²) in [6.07, 6.45) is 5.50. The largest absolute Gasteiger partial charge is 0.490 e. The van der Waals surface area contributed by atoms with Gasteiger partial charge < -0.3 is 15.8 Å². The molecule has 2 aromatic rings. The summed E-state index contributed by atoms with van der Waals surface area (Å²) in [5.41, 5.74) is 6.90. The fourth-order valence-electron chi connectivity index (χ4n) is 3.41. The number of hydrogen-bond acceptors (Lipinski definition) is 5. The zero-order valence-corrected chi connectivity index (χ0v) is 13.6. The van der Waals surface area contributed by atoms with Crippen LogP contribution in [0.2, 0.25) is 0 Å². The highest BCUT2D eigenvalue weighted by molar-refractivity contribution is 7.16. The van der Waals surface area contributed by atoms with Crippen LogP contribution in [0.15, 0.2) is 24.3 Å². The second-order valence-electron chi connectivity index (χ2n) is 6.17. The van der Waals surface area contributed by atoms with Crippen LogP contribution in [0.25, 0.3) is 0 Å². The van der Waals surface area contributed by atoms with E-state index in [1.54, 1.807) is 0 Å². The molecule has 0 spiro atoms. The third-order valence-corrected chi connectivity index (χ3v) is 5.50. The zero-order valence-electron chi connectivity index (χ0n) is 12.7. The lowest BCUT2D eigenvalue weighted by Gasteiger charge is -2.22. The van der Waals surface area contributed by atoms with Gasteiger partial charge in [-0.3, -0.25) is 4.79 Å². The minimum Gasteiger partial charge on any atom is -0.490 e. The molecule has 3 N–H and O–H groups in total. The second kappa shape index (κ2) is 5.85. The van der Waals surface area contributed by atoms with E-state index >= 15 is 0 Å². The van der Waals surface area contributed by atoms with Crippen molar-refractivity contribution in [1.82, 2.24) is 4.98 Å². The van der Waals surface area contributed by atoms with Gasteiger partial charge in [0.2, 0.25) is 5.91 Å². The zero-order chi connectivity index (χ0) is 15.8. The Morgan fingerprint density at radius 2 is 2.13 bits per heavy atom. The van der Waals surface area contributed by atoms with Crippen LogP contribution in [0, 0.1) is 0 Å². The highest BCUT2D eigenvalue weighted by atomic mass is 32.1. The number of nitrogens with one attached hydrogen (secondary N) is 1. The van der Waals surface area contributed by atoms with Crippen LogP contribution in [-0.4, -0.2) is 17.0 Å². The van der Waals surface area contributed by atoms with Gasteiger partial charge in [0.05, 0.1) is 11.0 Å². The van der Waals surface area contributed by atoms with Crippen LogP contribution in [-0.2, 0) is 4.79 Å². The first kappa shape index (κ1) is 14.5. The van der Waals surface area contributed by atoms with Crippen LogP contribution in [0.5, 0.6) is 5.75 Å². The first-order chi connectivity index (χ1) is 11.2. The van der Waals surface area contributed by atoms with Gasteiger partial charge in [-0.2, -0.15) is 0 Å². The first-order valence-corrected chi connectivity index (χ1v) is 8.83. The third-order valence-electron chi connectivity index (χ3n) is 4.50. The Morgan fingerprint density at radius 1 is 1.30 bits per heavy atom. The van der Waals surface area contributed by atoms with E-state index in [4.69, 9.17) is 10.5 Å². The minimum atomic E-state index is -0.0186. The maximum absolute atomic E-state index is 12.0. The first-order valence-electron chi connectivity index (χ1n) is 8.02. The quantitative estimate of drug-likeness (QED) is 0.903. The Bertz CT molecular complexity index is 737. The van der Waals surface area contributed by atoms with E-state index in [2.05, 4.69) is 16.4 Å². The van der Waals surface area contributed by atoms with E-state index in [1.807, 2.05) is 18.2 Å². The summed E-state index contributed by atoms with van der Waals surface area (Å²) in [6.45, 7) is 0. The Kier molecular flexibility index (Phi) is 3.69. The van der Waals surface area contributed by atoms with Crippen LogP contribution in [0.3, 0.4) is 0 Å². The van der Waals surface area contributed by atoms with Gasteiger partial charge in [-0.15, -0.1) is 0 Å². The fourth-order valence-corrected chi connectivity index (χ4v) is 4.33. The number of carbonyl (C=O) groups is 1. The number of nitrogen functional groups attached to an aromatic ring is 1. The number of fused-ring (bicyclic) bond motifs is 1. The molecule has 1 fully saturated rings. The Balaban J connectivity index is 1.63. The molecule has 2 aliphatic rings. The number of aromatic nitrogens is 1. The number of thiazole rings is 1. The third kappa shape index (κ3) is 2.91. The fraction of sp³-hybridized carbons (Fsp3) is 0.412. The van der Waals surface area contributed by atoms with Crippen LogP contribution < -0.4 is 15.8 Å². The van der Waals surface area contributed by atoms with Crippen molar-refractivity contribution in [2.75, 3.05) is 11.1 Å². The molecule has 0 saturated heterocycles. The number of anilines is 2. The summed E-state index contributed by atoms with van der Waals surface area (Å²) in [4.78, 5) is 17.2. The van der Waals surface area contributed by atoms with E-state index in [1.165, 1.54) is 24.2 Å². The predicted octanol–water partition coefficient (Wildman–Crippen LogP) is 3.52. The highest BCUT2D eigenvalue weighted by Crippen LogP contribution is 2.42. The van der Waals surface area contributed by atoms with Crippen molar-refractivity contribution >= 4 is 28.2 Å². The Labute approximate surface area is 138 Å². The monoisotopic (exact) mass is 329 g/mol. The molecule has 1 aromatic heterocycles.